The molecule has 6 nitrogen and oxygen atoms in total. The summed E-state index contributed by atoms with van der Waals surface area (Å²) in [5.74, 6) is -2.06. The molecule has 1 aromatic carbocycles. The van der Waals surface area contributed by atoms with Gasteiger partial charge in [0, 0.05) is 18.7 Å². The third kappa shape index (κ3) is 5.03. The van der Waals surface area contributed by atoms with Gasteiger partial charge in [0.05, 0.1) is 0 Å². The Morgan fingerprint density at radius 1 is 1.08 bits per heavy atom. The monoisotopic (exact) mass is 364 g/mol. The summed E-state index contributed by atoms with van der Waals surface area (Å²) in [4.78, 5) is 38.7. The third-order valence-corrected chi connectivity index (χ3v) is 4.37. The number of carbonyl (C=O) groups is 3. The largest absolute Gasteiger partial charge is 0.451 e. The van der Waals surface area contributed by atoms with Gasteiger partial charge in [0.15, 0.2) is 6.10 Å². The fourth-order valence-corrected chi connectivity index (χ4v) is 2.82. The Balaban J connectivity index is 1.98. The van der Waals surface area contributed by atoms with Gasteiger partial charge in [0.25, 0.3) is 11.8 Å². The summed E-state index contributed by atoms with van der Waals surface area (Å²) < 4.78 is 18.3. The van der Waals surface area contributed by atoms with Crippen LogP contribution in [0.15, 0.2) is 24.3 Å². The zero-order valence-electron chi connectivity index (χ0n) is 15.3. The molecule has 2 amide bonds. The number of hydrogen-bond donors (Lipinski definition) is 1. The van der Waals surface area contributed by atoms with E-state index in [2.05, 4.69) is 5.32 Å². The Bertz CT molecular complexity index is 654. The Morgan fingerprint density at radius 3 is 2.19 bits per heavy atom. The van der Waals surface area contributed by atoms with Gasteiger partial charge in [-0.05, 0) is 49.9 Å². The Kier molecular flexibility index (Phi) is 6.71. The van der Waals surface area contributed by atoms with Gasteiger partial charge in [-0.2, -0.15) is 0 Å². The molecule has 1 aliphatic heterocycles. The molecule has 26 heavy (non-hydrogen) atoms. The van der Waals surface area contributed by atoms with Crippen LogP contribution in [0.3, 0.4) is 0 Å². The van der Waals surface area contributed by atoms with Crippen LogP contribution in [0.1, 0.15) is 44.0 Å². The van der Waals surface area contributed by atoms with Crippen molar-refractivity contribution in [1.29, 1.82) is 0 Å². The maximum absolute atomic E-state index is 13.0. The Hall–Kier alpha value is -2.44. The molecule has 2 rings (SSSR count). The van der Waals surface area contributed by atoms with Crippen molar-refractivity contribution in [3.05, 3.63) is 35.6 Å². The lowest BCUT2D eigenvalue weighted by atomic mass is 10.0. The highest BCUT2D eigenvalue weighted by atomic mass is 19.1. The molecule has 0 saturated carbocycles. The molecule has 0 aliphatic carbocycles. The Labute approximate surface area is 152 Å². The number of carbonyl (C=O) groups excluding carboxylic acids is 3. The second-order valence-electron chi connectivity index (χ2n) is 6.81. The van der Waals surface area contributed by atoms with Crippen molar-refractivity contribution in [2.45, 2.75) is 45.8 Å². The van der Waals surface area contributed by atoms with Crippen LogP contribution < -0.4 is 5.32 Å². The van der Waals surface area contributed by atoms with Gasteiger partial charge in [0.1, 0.15) is 11.9 Å². The number of benzene rings is 1. The van der Waals surface area contributed by atoms with E-state index in [0.29, 0.717) is 13.1 Å². The minimum atomic E-state index is -0.901. The first kappa shape index (κ1) is 19.9. The van der Waals surface area contributed by atoms with Crippen LogP contribution in [0, 0.1) is 11.7 Å². The number of ether oxygens (including phenoxy) is 1. The van der Waals surface area contributed by atoms with Crippen LogP contribution in [0.5, 0.6) is 0 Å². The predicted octanol–water partition coefficient (Wildman–Crippen LogP) is 2.13. The van der Waals surface area contributed by atoms with Crippen molar-refractivity contribution in [3.63, 3.8) is 0 Å². The van der Waals surface area contributed by atoms with Crippen molar-refractivity contribution in [1.82, 2.24) is 10.2 Å². The zero-order chi connectivity index (χ0) is 19.3. The molecule has 0 aromatic heterocycles. The van der Waals surface area contributed by atoms with E-state index in [4.69, 9.17) is 4.74 Å². The van der Waals surface area contributed by atoms with E-state index >= 15 is 0 Å². The molecule has 0 bridgehead atoms. The summed E-state index contributed by atoms with van der Waals surface area (Å²) >= 11 is 0. The number of rotatable bonds is 6. The van der Waals surface area contributed by atoms with Gasteiger partial charge >= 0.3 is 5.97 Å². The molecule has 1 N–H and O–H groups in total. The fourth-order valence-electron chi connectivity index (χ4n) is 2.82. The van der Waals surface area contributed by atoms with Crippen molar-refractivity contribution in [3.8, 4) is 0 Å². The second kappa shape index (κ2) is 8.78. The maximum atomic E-state index is 13.0. The molecule has 0 radical (unpaired) electrons. The van der Waals surface area contributed by atoms with Crippen LogP contribution >= 0.6 is 0 Å². The number of amides is 2. The number of esters is 1. The van der Waals surface area contributed by atoms with Gasteiger partial charge < -0.3 is 15.0 Å². The smallest absolute Gasteiger partial charge is 0.329 e. The highest BCUT2D eigenvalue weighted by molar-refractivity contribution is 5.97. The molecule has 1 heterocycles. The quantitative estimate of drug-likeness (QED) is 0.785. The minimum Gasteiger partial charge on any atom is -0.451 e. The van der Waals surface area contributed by atoms with Crippen LogP contribution in [0.4, 0.5) is 4.39 Å². The Morgan fingerprint density at radius 2 is 1.65 bits per heavy atom. The average Bonchev–Trinajstić information content (AvgIpc) is 3.13. The highest BCUT2D eigenvalue weighted by Gasteiger charge is 2.31. The number of halogens is 1. The third-order valence-electron chi connectivity index (χ3n) is 4.37. The van der Waals surface area contributed by atoms with Crippen molar-refractivity contribution < 1.29 is 23.5 Å². The lowest BCUT2D eigenvalue weighted by Gasteiger charge is -2.25. The van der Waals surface area contributed by atoms with E-state index in [9.17, 15) is 18.8 Å². The van der Waals surface area contributed by atoms with Crippen LogP contribution in [-0.2, 0) is 14.3 Å². The highest BCUT2D eigenvalue weighted by Crippen LogP contribution is 2.13. The molecule has 7 heteroatoms. The normalized spacial score (nSPS) is 16.3. The minimum absolute atomic E-state index is 0.219. The molecule has 0 unspecified atom stereocenters. The van der Waals surface area contributed by atoms with E-state index < -0.39 is 29.8 Å². The summed E-state index contributed by atoms with van der Waals surface area (Å²) in [7, 11) is 0. The molecular formula is C19H25FN2O4. The number of likely N-dealkylation sites (tertiary alicyclic amines) is 1. The van der Waals surface area contributed by atoms with Gasteiger partial charge in [-0.1, -0.05) is 13.8 Å². The van der Waals surface area contributed by atoms with Crippen molar-refractivity contribution >= 4 is 17.8 Å². The lowest BCUT2D eigenvalue weighted by molar-refractivity contribution is -0.161. The standard InChI is InChI=1S/C19H25FN2O4/c1-12(2)16(21-17(23)14-6-8-15(20)9-7-14)19(25)26-13(3)18(24)22-10-4-5-11-22/h6-9,12-13,16H,4-5,10-11H2,1-3H3,(H,21,23)/t13-,16+/m0/s1. The molecule has 0 spiro atoms. The van der Waals surface area contributed by atoms with E-state index in [1.165, 1.54) is 31.2 Å². The predicted molar refractivity (Wildman–Crippen MR) is 93.9 cm³/mol. The van der Waals surface area contributed by atoms with Gasteiger partial charge in [-0.25, -0.2) is 9.18 Å². The first-order valence-electron chi connectivity index (χ1n) is 8.85. The van der Waals surface area contributed by atoms with Crippen LogP contribution in [0.2, 0.25) is 0 Å². The second-order valence-corrected chi connectivity index (χ2v) is 6.81. The maximum Gasteiger partial charge on any atom is 0.329 e. The van der Waals surface area contributed by atoms with E-state index in [1.54, 1.807) is 18.7 Å². The summed E-state index contributed by atoms with van der Waals surface area (Å²) in [6.45, 7) is 6.43. The summed E-state index contributed by atoms with van der Waals surface area (Å²) in [5, 5.41) is 2.60. The molecule has 1 fully saturated rings. The number of hydrogen-bond acceptors (Lipinski definition) is 4. The first-order chi connectivity index (χ1) is 12.3. The summed E-state index contributed by atoms with van der Waals surface area (Å²) in [6.07, 6.45) is 1.01. The SMILES string of the molecule is CC(C)[C@@H](NC(=O)c1ccc(F)cc1)C(=O)O[C@@H](C)C(=O)N1CCCC1. The molecule has 1 aromatic rings. The number of nitrogens with one attached hydrogen (secondary N) is 1. The summed E-state index contributed by atoms with van der Waals surface area (Å²) in [5.41, 5.74) is 0.242. The van der Waals surface area contributed by atoms with Gasteiger partial charge in [-0.15, -0.1) is 0 Å². The van der Waals surface area contributed by atoms with E-state index in [1.807, 2.05) is 0 Å². The van der Waals surface area contributed by atoms with Crippen LogP contribution in [0.25, 0.3) is 0 Å². The van der Waals surface area contributed by atoms with Crippen LogP contribution in [-0.4, -0.2) is 47.9 Å². The average molecular weight is 364 g/mol. The number of nitrogens with zero attached hydrogens (tertiary/aromatic N) is 1. The van der Waals surface area contributed by atoms with E-state index in [-0.39, 0.29) is 17.4 Å². The molecule has 1 aliphatic rings. The topological polar surface area (TPSA) is 75.7 Å². The molecule has 2 atom stereocenters. The van der Waals surface area contributed by atoms with Gasteiger partial charge in [0.2, 0.25) is 0 Å². The molecule has 142 valence electrons. The van der Waals surface area contributed by atoms with E-state index in [0.717, 1.165) is 12.8 Å². The van der Waals surface area contributed by atoms with Crippen molar-refractivity contribution in [2.24, 2.45) is 5.92 Å². The summed E-state index contributed by atoms with van der Waals surface area (Å²) in [6, 6.07) is 4.13. The van der Waals surface area contributed by atoms with Gasteiger partial charge in [-0.3, -0.25) is 9.59 Å². The first-order valence-corrected chi connectivity index (χ1v) is 8.85. The van der Waals surface area contributed by atoms with Crippen molar-refractivity contribution in [2.75, 3.05) is 13.1 Å². The fraction of sp³-hybridized carbons (Fsp3) is 0.526. The molecule has 1 saturated heterocycles. The zero-order valence-corrected chi connectivity index (χ0v) is 15.3. The lowest BCUT2D eigenvalue weighted by Crippen LogP contribution is -2.48. The molecular weight excluding hydrogens is 339 g/mol.